The summed E-state index contributed by atoms with van der Waals surface area (Å²) < 4.78 is 0. The SMILES string of the molecule is O=C(Nc1ccc2c(c1)CCC2)[C@@H]1[C@@H](C(=O)[O-])[C@H]2C=C[C@@H]1C2. The number of benzene rings is 1. The number of nitrogens with one attached hydrogen (secondary N) is 1. The third-order valence-corrected chi connectivity index (χ3v) is 5.40. The second kappa shape index (κ2) is 4.97. The summed E-state index contributed by atoms with van der Waals surface area (Å²) in [6.45, 7) is 0. The Labute approximate surface area is 129 Å². The molecule has 3 aliphatic carbocycles. The van der Waals surface area contributed by atoms with Crippen molar-refractivity contribution in [3.05, 3.63) is 41.5 Å². The molecule has 2 bridgehead atoms. The van der Waals surface area contributed by atoms with E-state index in [1.165, 1.54) is 11.1 Å². The Kier molecular flexibility index (Phi) is 3.06. The standard InChI is InChI=1S/C18H19NO3/c20-17(15-12-4-5-13(8-12)16(15)18(21)22)19-14-7-6-10-2-1-3-11(10)9-14/h4-7,9,12-13,15-16H,1-3,8H2,(H,19,20)(H,21,22)/p-1/t12-,13+,15+,16+/m1/s1. The van der Waals surface area contributed by atoms with Gasteiger partial charge in [0.2, 0.25) is 5.91 Å². The zero-order valence-electron chi connectivity index (χ0n) is 12.2. The molecule has 1 aromatic carbocycles. The van der Waals surface area contributed by atoms with Crippen molar-refractivity contribution < 1.29 is 14.7 Å². The number of hydrogen-bond acceptors (Lipinski definition) is 3. The Morgan fingerprint density at radius 1 is 1.05 bits per heavy atom. The predicted octanol–water partition coefficient (Wildman–Crippen LogP) is 1.30. The minimum absolute atomic E-state index is 0.0299. The minimum atomic E-state index is -1.11. The molecule has 1 saturated carbocycles. The molecule has 0 heterocycles. The van der Waals surface area contributed by atoms with E-state index >= 15 is 0 Å². The number of carbonyl (C=O) groups is 2. The van der Waals surface area contributed by atoms with Crippen LogP contribution in [0.15, 0.2) is 30.4 Å². The first-order valence-electron chi connectivity index (χ1n) is 7.95. The van der Waals surface area contributed by atoms with E-state index in [2.05, 4.69) is 11.4 Å². The van der Waals surface area contributed by atoms with Crippen molar-refractivity contribution >= 4 is 17.6 Å². The van der Waals surface area contributed by atoms with Gasteiger partial charge < -0.3 is 15.2 Å². The van der Waals surface area contributed by atoms with E-state index in [0.29, 0.717) is 0 Å². The van der Waals surface area contributed by atoms with Crippen LogP contribution in [-0.4, -0.2) is 11.9 Å². The fraction of sp³-hybridized carbons (Fsp3) is 0.444. The fourth-order valence-corrected chi connectivity index (χ4v) is 4.38. The van der Waals surface area contributed by atoms with Crippen molar-refractivity contribution in [1.29, 1.82) is 0 Å². The summed E-state index contributed by atoms with van der Waals surface area (Å²) in [7, 11) is 0. The van der Waals surface area contributed by atoms with E-state index in [9.17, 15) is 14.7 Å². The first kappa shape index (κ1) is 13.6. The average molecular weight is 296 g/mol. The summed E-state index contributed by atoms with van der Waals surface area (Å²) in [4.78, 5) is 24.0. The van der Waals surface area contributed by atoms with E-state index in [1.807, 2.05) is 24.3 Å². The Morgan fingerprint density at radius 3 is 2.55 bits per heavy atom. The topological polar surface area (TPSA) is 69.2 Å². The summed E-state index contributed by atoms with van der Waals surface area (Å²) in [5, 5.41) is 14.3. The molecule has 4 heteroatoms. The van der Waals surface area contributed by atoms with Gasteiger partial charge in [0.05, 0.1) is 5.92 Å². The van der Waals surface area contributed by atoms with Crippen LogP contribution in [0.3, 0.4) is 0 Å². The molecule has 0 unspecified atom stereocenters. The molecule has 3 aliphatic rings. The van der Waals surface area contributed by atoms with Gasteiger partial charge in [-0.15, -0.1) is 0 Å². The molecule has 0 saturated heterocycles. The van der Waals surface area contributed by atoms with E-state index in [4.69, 9.17) is 0 Å². The molecular weight excluding hydrogens is 278 g/mol. The molecule has 4 atom stereocenters. The van der Waals surface area contributed by atoms with Crippen LogP contribution in [0, 0.1) is 23.7 Å². The van der Waals surface area contributed by atoms with Crippen molar-refractivity contribution in [2.24, 2.45) is 23.7 Å². The van der Waals surface area contributed by atoms with E-state index in [-0.39, 0.29) is 17.7 Å². The Hall–Kier alpha value is -2.10. The first-order valence-corrected chi connectivity index (χ1v) is 7.95. The molecule has 22 heavy (non-hydrogen) atoms. The van der Waals surface area contributed by atoms with Gasteiger partial charge in [-0.3, -0.25) is 4.79 Å². The molecule has 1 amide bonds. The number of rotatable bonds is 3. The monoisotopic (exact) mass is 296 g/mol. The maximum atomic E-state index is 12.6. The van der Waals surface area contributed by atoms with Gasteiger partial charge in [-0.25, -0.2) is 0 Å². The molecule has 4 rings (SSSR count). The van der Waals surface area contributed by atoms with Crippen molar-refractivity contribution in [2.75, 3.05) is 5.32 Å². The number of carboxylic acids is 1. The van der Waals surface area contributed by atoms with Gasteiger partial charge in [-0.05, 0) is 60.8 Å². The zero-order chi connectivity index (χ0) is 15.3. The molecule has 4 nitrogen and oxygen atoms in total. The number of anilines is 1. The summed E-state index contributed by atoms with van der Waals surface area (Å²) in [6, 6.07) is 6.01. The van der Waals surface area contributed by atoms with Crippen molar-refractivity contribution in [2.45, 2.75) is 25.7 Å². The number of aliphatic carboxylic acids is 1. The summed E-state index contributed by atoms with van der Waals surface area (Å²) in [5.41, 5.74) is 3.42. The lowest BCUT2D eigenvalue weighted by Crippen LogP contribution is -2.42. The van der Waals surface area contributed by atoms with Crippen LogP contribution in [0.4, 0.5) is 5.69 Å². The Balaban J connectivity index is 1.55. The average Bonchev–Trinajstić information content (AvgIpc) is 3.20. The highest BCUT2D eigenvalue weighted by Crippen LogP contribution is 2.48. The van der Waals surface area contributed by atoms with Gasteiger partial charge in [-0.1, -0.05) is 18.2 Å². The number of carboxylic acid groups (broad SMARTS) is 1. The second-order valence-corrected chi connectivity index (χ2v) is 6.65. The van der Waals surface area contributed by atoms with Crippen LogP contribution in [0.1, 0.15) is 24.0 Å². The molecule has 0 spiro atoms. The maximum Gasteiger partial charge on any atom is 0.228 e. The van der Waals surface area contributed by atoms with Gasteiger partial charge in [0.25, 0.3) is 0 Å². The van der Waals surface area contributed by atoms with Crippen LogP contribution in [0.2, 0.25) is 0 Å². The molecule has 0 aliphatic heterocycles. The van der Waals surface area contributed by atoms with Crippen LogP contribution < -0.4 is 10.4 Å². The number of allylic oxidation sites excluding steroid dienone is 2. The molecular formula is C18H18NO3-. The number of carbonyl (C=O) groups excluding carboxylic acids is 2. The van der Waals surface area contributed by atoms with Crippen molar-refractivity contribution in [1.82, 2.24) is 0 Å². The lowest BCUT2D eigenvalue weighted by Gasteiger charge is -2.27. The smallest absolute Gasteiger partial charge is 0.228 e. The molecule has 0 aromatic heterocycles. The van der Waals surface area contributed by atoms with Crippen LogP contribution in [0.5, 0.6) is 0 Å². The van der Waals surface area contributed by atoms with Crippen molar-refractivity contribution in [3.63, 3.8) is 0 Å². The number of aryl methyl sites for hydroxylation is 2. The largest absolute Gasteiger partial charge is 0.550 e. The third kappa shape index (κ3) is 2.05. The highest BCUT2D eigenvalue weighted by atomic mass is 16.4. The normalized spacial score (nSPS) is 31.3. The third-order valence-electron chi connectivity index (χ3n) is 5.40. The Bertz CT molecular complexity index is 679. The highest BCUT2D eigenvalue weighted by molar-refractivity contribution is 5.96. The van der Waals surface area contributed by atoms with E-state index < -0.39 is 17.8 Å². The van der Waals surface area contributed by atoms with Crippen LogP contribution in [-0.2, 0) is 22.4 Å². The number of amides is 1. The van der Waals surface area contributed by atoms with Crippen LogP contribution in [0.25, 0.3) is 0 Å². The lowest BCUT2D eigenvalue weighted by molar-refractivity contribution is -0.313. The Morgan fingerprint density at radius 2 is 1.77 bits per heavy atom. The summed E-state index contributed by atoms with van der Waals surface area (Å²) >= 11 is 0. The highest BCUT2D eigenvalue weighted by Gasteiger charge is 2.48. The molecule has 114 valence electrons. The quantitative estimate of drug-likeness (QED) is 0.855. The molecule has 1 fully saturated rings. The van der Waals surface area contributed by atoms with Crippen molar-refractivity contribution in [3.8, 4) is 0 Å². The van der Waals surface area contributed by atoms with E-state index in [1.54, 1.807) is 0 Å². The predicted molar refractivity (Wildman–Crippen MR) is 79.8 cm³/mol. The summed E-state index contributed by atoms with van der Waals surface area (Å²) in [6.07, 6.45) is 7.98. The van der Waals surface area contributed by atoms with Gasteiger partial charge in [-0.2, -0.15) is 0 Å². The van der Waals surface area contributed by atoms with Gasteiger partial charge in [0.1, 0.15) is 0 Å². The summed E-state index contributed by atoms with van der Waals surface area (Å²) in [5.74, 6) is -2.51. The van der Waals surface area contributed by atoms with Gasteiger partial charge >= 0.3 is 0 Å². The number of hydrogen-bond donors (Lipinski definition) is 1. The zero-order valence-corrected chi connectivity index (χ0v) is 12.2. The lowest BCUT2D eigenvalue weighted by atomic mass is 9.82. The minimum Gasteiger partial charge on any atom is -0.550 e. The molecule has 0 radical (unpaired) electrons. The van der Waals surface area contributed by atoms with Gasteiger partial charge in [0.15, 0.2) is 0 Å². The fourth-order valence-electron chi connectivity index (χ4n) is 4.38. The molecule has 1 N–H and O–H groups in total. The second-order valence-electron chi connectivity index (χ2n) is 6.65. The maximum absolute atomic E-state index is 12.6. The van der Waals surface area contributed by atoms with Crippen LogP contribution >= 0.6 is 0 Å². The first-order chi connectivity index (χ1) is 10.6. The van der Waals surface area contributed by atoms with Gasteiger partial charge in [0, 0.05) is 17.6 Å². The molecule has 1 aromatic rings. The number of fused-ring (bicyclic) bond motifs is 3. The van der Waals surface area contributed by atoms with E-state index in [0.717, 1.165) is 31.4 Å².